The molecule has 1 aromatic rings. The maximum atomic E-state index is 11.4. The van der Waals surface area contributed by atoms with Crippen LogP contribution in [0.5, 0.6) is 0 Å². The molecule has 0 fully saturated rings. The number of amides is 1. The van der Waals surface area contributed by atoms with E-state index in [2.05, 4.69) is 35.1 Å². The largest absolute Gasteiger partial charge is 0.356 e. The van der Waals surface area contributed by atoms with Gasteiger partial charge in [0.2, 0.25) is 5.91 Å². The Morgan fingerprint density at radius 3 is 2.89 bits per heavy atom. The van der Waals surface area contributed by atoms with Gasteiger partial charge in [0.1, 0.15) is 0 Å². The zero-order valence-electron chi connectivity index (χ0n) is 11.7. The fraction of sp³-hybridized carbons (Fsp3) is 0.643. The van der Waals surface area contributed by atoms with E-state index in [1.54, 1.807) is 0 Å². The third kappa shape index (κ3) is 5.36. The van der Waals surface area contributed by atoms with Crippen LogP contribution in [0.3, 0.4) is 0 Å². The van der Waals surface area contributed by atoms with Crippen LogP contribution < -0.4 is 10.6 Å². The summed E-state index contributed by atoms with van der Waals surface area (Å²) in [6, 6.07) is 4.13. The molecule has 0 saturated carbocycles. The van der Waals surface area contributed by atoms with Crippen LogP contribution in [-0.4, -0.2) is 23.6 Å². The molecule has 0 aliphatic carbocycles. The molecular formula is C14H25N3O. The molecule has 0 aliphatic heterocycles. The highest BCUT2D eigenvalue weighted by Gasteiger charge is 2.04. The quantitative estimate of drug-likeness (QED) is 0.739. The molecule has 0 radical (unpaired) electrons. The Morgan fingerprint density at radius 1 is 1.44 bits per heavy atom. The standard InChI is InChI=1S/C14H25N3O/c1-4-16-14(18)7-9-17-8-5-6-13(17)11-15-10-12(2)3/h5-6,8,12,15H,4,7,9-11H2,1-3H3,(H,16,18). The molecular weight excluding hydrogens is 226 g/mol. The first-order chi connectivity index (χ1) is 8.63. The topological polar surface area (TPSA) is 46.1 Å². The Bertz CT molecular complexity index is 358. The second-order valence-corrected chi connectivity index (χ2v) is 4.92. The number of aryl methyl sites for hydroxylation is 1. The highest BCUT2D eigenvalue weighted by molar-refractivity contribution is 5.75. The van der Waals surface area contributed by atoms with Crippen molar-refractivity contribution in [2.24, 2.45) is 5.92 Å². The molecule has 4 heteroatoms. The maximum Gasteiger partial charge on any atom is 0.221 e. The average Bonchev–Trinajstić information content (AvgIpc) is 2.74. The van der Waals surface area contributed by atoms with Crippen molar-refractivity contribution in [3.8, 4) is 0 Å². The van der Waals surface area contributed by atoms with Gasteiger partial charge in [-0.15, -0.1) is 0 Å². The molecule has 1 amide bonds. The van der Waals surface area contributed by atoms with Crippen LogP contribution in [0, 0.1) is 5.92 Å². The van der Waals surface area contributed by atoms with E-state index in [1.807, 2.05) is 19.2 Å². The number of hydrogen-bond acceptors (Lipinski definition) is 2. The molecule has 1 aromatic heterocycles. The minimum Gasteiger partial charge on any atom is -0.356 e. The number of carbonyl (C=O) groups is 1. The van der Waals surface area contributed by atoms with Crippen LogP contribution in [0.2, 0.25) is 0 Å². The second kappa shape index (κ2) is 7.93. The lowest BCUT2D eigenvalue weighted by molar-refractivity contribution is -0.121. The van der Waals surface area contributed by atoms with Gasteiger partial charge in [-0.25, -0.2) is 0 Å². The lowest BCUT2D eigenvalue weighted by Gasteiger charge is -2.11. The molecule has 0 unspecified atom stereocenters. The van der Waals surface area contributed by atoms with Crippen LogP contribution in [0.1, 0.15) is 32.9 Å². The number of rotatable bonds is 8. The van der Waals surface area contributed by atoms with Gasteiger partial charge in [-0.3, -0.25) is 4.79 Å². The molecule has 1 heterocycles. The minimum absolute atomic E-state index is 0.118. The highest BCUT2D eigenvalue weighted by Crippen LogP contribution is 2.04. The number of nitrogens with zero attached hydrogens (tertiary/aromatic N) is 1. The van der Waals surface area contributed by atoms with Gasteiger partial charge >= 0.3 is 0 Å². The first-order valence-corrected chi connectivity index (χ1v) is 6.75. The minimum atomic E-state index is 0.118. The van der Waals surface area contributed by atoms with E-state index >= 15 is 0 Å². The van der Waals surface area contributed by atoms with E-state index in [4.69, 9.17) is 0 Å². The molecule has 1 rings (SSSR count). The van der Waals surface area contributed by atoms with E-state index in [-0.39, 0.29) is 5.91 Å². The average molecular weight is 251 g/mol. The summed E-state index contributed by atoms with van der Waals surface area (Å²) in [4.78, 5) is 11.4. The van der Waals surface area contributed by atoms with Crippen molar-refractivity contribution < 1.29 is 4.79 Å². The Hall–Kier alpha value is -1.29. The summed E-state index contributed by atoms with van der Waals surface area (Å²) in [5, 5.41) is 6.24. The van der Waals surface area contributed by atoms with Gasteiger partial charge in [-0.1, -0.05) is 13.8 Å². The zero-order chi connectivity index (χ0) is 13.4. The lowest BCUT2D eigenvalue weighted by Crippen LogP contribution is -2.25. The monoisotopic (exact) mass is 251 g/mol. The van der Waals surface area contributed by atoms with E-state index in [0.717, 1.165) is 19.6 Å². The Morgan fingerprint density at radius 2 is 2.22 bits per heavy atom. The molecule has 2 N–H and O–H groups in total. The van der Waals surface area contributed by atoms with Gasteiger partial charge in [-0.2, -0.15) is 0 Å². The first kappa shape index (κ1) is 14.8. The maximum absolute atomic E-state index is 11.4. The Kier molecular flexibility index (Phi) is 6.50. The van der Waals surface area contributed by atoms with Gasteiger partial charge in [0.05, 0.1) is 0 Å². The summed E-state index contributed by atoms with van der Waals surface area (Å²) in [6.07, 6.45) is 2.57. The molecule has 0 spiro atoms. The number of aromatic nitrogens is 1. The van der Waals surface area contributed by atoms with Crippen molar-refractivity contribution in [2.45, 2.75) is 40.3 Å². The van der Waals surface area contributed by atoms with Crippen LogP contribution >= 0.6 is 0 Å². The fourth-order valence-electron chi connectivity index (χ4n) is 1.82. The van der Waals surface area contributed by atoms with Crippen molar-refractivity contribution in [3.05, 3.63) is 24.0 Å². The predicted molar refractivity (Wildman–Crippen MR) is 74.3 cm³/mol. The van der Waals surface area contributed by atoms with Crippen molar-refractivity contribution >= 4 is 5.91 Å². The second-order valence-electron chi connectivity index (χ2n) is 4.92. The van der Waals surface area contributed by atoms with Gasteiger partial charge in [-0.05, 0) is 31.5 Å². The van der Waals surface area contributed by atoms with Crippen molar-refractivity contribution in [1.82, 2.24) is 15.2 Å². The normalized spacial score (nSPS) is 10.9. The molecule has 4 nitrogen and oxygen atoms in total. The molecule has 0 aliphatic rings. The third-order valence-electron chi connectivity index (χ3n) is 2.74. The summed E-state index contributed by atoms with van der Waals surface area (Å²) >= 11 is 0. The molecule has 102 valence electrons. The highest BCUT2D eigenvalue weighted by atomic mass is 16.1. The first-order valence-electron chi connectivity index (χ1n) is 6.75. The van der Waals surface area contributed by atoms with Gasteiger partial charge in [0, 0.05) is 37.9 Å². The molecule has 0 aromatic carbocycles. The van der Waals surface area contributed by atoms with Gasteiger partial charge < -0.3 is 15.2 Å². The number of carbonyl (C=O) groups excluding carboxylic acids is 1. The van der Waals surface area contributed by atoms with Crippen molar-refractivity contribution in [1.29, 1.82) is 0 Å². The van der Waals surface area contributed by atoms with Crippen LogP contribution in [0.25, 0.3) is 0 Å². The van der Waals surface area contributed by atoms with E-state index < -0.39 is 0 Å². The Balaban J connectivity index is 2.37. The third-order valence-corrected chi connectivity index (χ3v) is 2.74. The molecule has 0 atom stereocenters. The number of nitrogens with one attached hydrogen (secondary N) is 2. The van der Waals surface area contributed by atoms with Crippen molar-refractivity contribution in [2.75, 3.05) is 13.1 Å². The van der Waals surface area contributed by atoms with E-state index in [1.165, 1.54) is 5.69 Å². The SMILES string of the molecule is CCNC(=O)CCn1cccc1CNCC(C)C. The molecule has 0 bridgehead atoms. The summed E-state index contributed by atoms with van der Waals surface area (Å²) in [6.45, 7) is 9.66. The van der Waals surface area contributed by atoms with Crippen LogP contribution in [0.15, 0.2) is 18.3 Å². The van der Waals surface area contributed by atoms with E-state index in [0.29, 0.717) is 18.9 Å². The van der Waals surface area contributed by atoms with Crippen LogP contribution in [-0.2, 0) is 17.9 Å². The Labute approximate surface area is 110 Å². The van der Waals surface area contributed by atoms with Crippen molar-refractivity contribution in [3.63, 3.8) is 0 Å². The van der Waals surface area contributed by atoms with Gasteiger partial charge in [0.25, 0.3) is 0 Å². The molecule has 0 saturated heterocycles. The summed E-state index contributed by atoms with van der Waals surface area (Å²) in [7, 11) is 0. The molecule has 18 heavy (non-hydrogen) atoms. The summed E-state index contributed by atoms with van der Waals surface area (Å²) in [5.41, 5.74) is 1.24. The fourth-order valence-corrected chi connectivity index (χ4v) is 1.82. The number of hydrogen-bond donors (Lipinski definition) is 2. The lowest BCUT2D eigenvalue weighted by atomic mass is 10.2. The zero-order valence-corrected chi connectivity index (χ0v) is 11.7. The predicted octanol–water partition coefficient (Wildman–Crippen LogP) is 1.76. The summed E-state index contributed by atoms with van der Waals surface area (Å²) in [5.74, 6) is 0.774. The summed E-state index contributed by atoms with van der Waals surface area (Å²) < 4.78 is 2.14. The van der Waals surface area contributed by atoms with Gasteiger partial charge in [0.15, 0.2) is 0 Å². The smallest absolute Gasteiger partial charge is 0.221 e. The van der Waals surface area contributed by atoms with Crippen LogP contribution in [0.4, 0.5) is 0 Å². The van der Waals surface area contributed by atoms with E-state index in [9.17, 15) is 4.79 Å².